The molecule has 1 aliphatic rings. The van der Waals surface area contributed by atoms with E-state index in [1.54, 1.807) is 31.2 Å². The van der Waals surface area contributed by atoms with Gasteiger partial charge in [0.25, 0.3) is 0 Å². The smallest absolute Gasteiger partial charge is 0.312 e. The molecule has 1 aliphatic heterocycles. The van der Waals surface area contributed by atoms with Crippen molar-refractivity contribution in [2.45, 2.75) is 57.3 Å². The Balaban J connectivity index is 1.20. The van der Waals surface area contributed by atoms with Crippen LogP contribution in [-0.4, -0.2) is 42.1 Å². The van der Waals surface area contributed by atoms with Crippen LogP contribution in [0.4, 0.5) is 13.2 Å². The molecule has 1 saturated heterocycles. The predicted molar refractivity (Wildman–Crippen MR) is 154 cm³/mol. The van der Waals surface area contributed by atoms with Crippen molar-refractivity contribution in [1.82, 2.24) is 16.0 Å². The number of benzene rings is 3. The molecule has 1 heterocycles. The van der Waals surface area contributed by atoms with Crippen molar-refractivity contribution < 1.29 is 32.3 Å². The zero-order chi connectivity index (χ0) is 30.9. The molecule has 0 unspecified atom stereocenters. The lowest BCUT2D eigenvalue weighted by molar-refractivity contribution is -0.143. The maximum absolute atomic E-state index is 13.7. The summed E-state index contributed by atoms with van der Waals surface area (Å²) in [5, 5.41) is 17.0. The van der Waals surface area contributed by atoms with Gasteiger partial charge in [0, 0.05) is 17.8 Å². The normalized spacial score (nSPS) is 17.0. The van der Waals surface area contributed by atoms with Gasteiger partial charge in [0.05, 0.1) is 12.5 Å². The van der Waals surface area contributed by atoms with Gasteiger partial charge in [0.15, 0.2) is 17.5 Å². The summed E-state index contributed by atoms with van der Waals surface area (Å²) in [7, 11) is 0. The second kappa shape index (κ2) is 14.6. The Morgan fingerprint density at radius 3 is 2.44 bits per heavy atom. The molecule has 43 heavy (non-hydrogen) atoms. The highest BCUT2D eigenvalue weighted by Crippen LogP contribution is 2.27. The van der Waals surface area contributed by atoms with Crippen LogP contribution in [0.5, 0.6) is 0 Å². The molecular weight excluding hydrogens is 561 g/mol. The molecule has 0 spiro atoms. The van der Waals surface area contributed by atoms with E-state index in [9.17, 15) is 27.6 Å². The standard InChI is InChI=1S/C32H33F3N4O4/c1-19(39-32(42)27-15-23(13-14-37-27)21-5-3-2-4-6-21)31(41)38-17-20-7-9-22(10-8-20)26(36)16-28(40)43-18-24-11-12-25(33)30(35)29(24)34/h2-12,19,23,27,36-37H,13-18H2,1H3,(H,38,41)(H,39,42)/t19-,23-,27+/m0/s1. The molecule has 3 aromatic rings. The summed E-state index contributed by atoms with van der Waals surface area (Å²) in [5.41, 5.74) is 1.99. The van der Waals surface area contributed by atoms with Crippen LogP contribution in [0.15, 0.2) is 66.7 Å². The molecule has 4 rings (SSSR count). The number of carbonyl (C=O) groups is 3. The lowest BCUT2D eigenvalue weighted by atomic mass is 9.86. The summed E-state index contributed by atoms with van der Waals surface area (Å²) in [4.78, 5) is 37.6. The fraction of sp³-hybridized carbons (Fsp3) is 0.312. The third kappa shape index (κ3) is 8.51. The first-order chi connectivity index (χ1) is 20.6. The van der Waals surface area contributed by atoms with Crippen molar-refractivity contribution in [3.63, 3.8) is 0 Å². The van der Waals surface area contributed by atoms with Gasteiger partial charge < -0.3 is 26.1 Å². The van der Waals surface area contributed by atoms with Crippen LogP contribution in [0.3, 0.4) is 0 Å². The van der Waals surface area contributed by atoms with Crippen LogP contribution in [0.2, 0.25) is 0 Å². The van der Waals surface area contributed by atoms with E-state index >= 15 is 0 Å². The Hall–Kier alpha value is -4.51. The fourth-order valence-electron chi connectivity index (χ4n) is 4.82. The first-order valence-electron chi connectivity index (χ1n) is 13.9. The third-order valence-corrected chi connectivity index (χ3v) is 7.34. The van der Waals surface area contributed by atoms with Crippen molar-refractivity contribution in [2.24, 2.45) is 0 Å². The maximum Gasteiger partial charge on any atom is 0.312 e. The number of carbonyl (C=O) groups excluding carboxylic acids is 3. The quantitative estimate of drug-likeness (QED) is 0.150. The van der Waals surface area contributed by atoms with Crippen molar-refractivity contribution in [1.29, 1.82) is 5.41 Å². The van der Waals surface area contributed by atoms with Gasteiger partial charge in [0.1, 0.15) is 12.6 Å². The van der Waals surface area contributed by atoms with Crippen LogP contribution in [-0.2, 0) is 32.3 Å². The van der Waals surface area contributed by atoms with Crippen LogP contribution in [0, 0.1) is 22.9 Å². The highest BCUT2D eigenvalue weighted by Gasteiger charge is 2.29. The van der Waals surface area contributed by atoms with Crippen LogP contribution in [0.25, 0.3) is 0 Å². The number of piperidine rings is 1. The molecule has 3 atom stereocenters. The number of hydrogen-bond donors (Lipinski definition) is 4. The fourth-order valence-corrected chi connectivity index (χ4v) is 4.82. The zero-order valence-electron chi connectivity index (χ0n) is 23.6. The van der Waals surface area contributed by atoms with Crippen molar-refractivity contribution in [2.75, 3.05) is 6.54 Å². The number of ether oxygens (including phenoxy) is 1. The van der Waals surface area contributed by atoms with Crippen molar-refractivity contribution in [3.8, 4) is 0 Å². The molecule has 8 nitrogen and oxygen atoms in total. The minimum atomic E-state index is -1.65. The topological polar surface area (TPSA) is 120 Å². The van der Waals surface area contributed by atoms with Gasteiger partial charge in [0.2, 0.25) is 11.8 Å². The van der Waals surface area contributed by atoms with Crippen LogP contribution in [0.1, 0.15) is 54.4 Å². The van der Waals surface area contributed by atoms with Gasteiger partial charge in [-0.3, -0.25) is 14.4 Å². The Morgan fingerprint density at radius 1 is 1.00 bits per heavy atom. The van der Waals surface area contributed by atoms with E-state index in [1.807, 2.05) is 18.2 Å². The molecule has 11 heteroatoms. The van der Waals surface area contributed by atoms with Gasteiger partial charge in [-0.15, -0.1) is 0 Å². The van der Waals surface area contributed by atoms with Gasteiger partial charge >= 0.3 is 5.97 Å². The molecule has 3 aromatic carbocycles. The number of hydrogen-bond acceptors (Lipinski definition) is 6. The number of amides is 2. The number of nitrogens with one attached hydrogen (secondary N) is 4. The average Bonchev–Trinajstić information content (AvgIpc) is 3.02. The van der Waals surface area contributed by atoms with Gasteiger partial charge in [-0.2, -0.15) is 0 Å². The third-order valence-electron chi connectivity index (χ3n) is 7.34. The van der Waals surface area contributed by atoms with Gasteiger partial charge in [-0.1, -0.05) is 54.6 Å². The summed E-state index contributed by atoms with van der Waals surface area (Å²) in [6, 6.07) is 17.2. The van der Waals surface area contributed by atoms with Crippen LogP contribution >= 0.6 is 0 Å². The Morgan fingerprint density at radius 2 is 1.72 bits per heavy atom. The van der Waals surface area contributed by atoms with E-state index in [0.717, 1.165) is 24.1 Å². The summed E-state index contributed by atoms with van der Waals surface area (Å²) in [5.74, 6) is -5.55. The largest absolute Gasteiger partial charge is 0.460 e. The highest BCUT2D eigenvalue weighted by atomic mass is 19.2. The zero-order valence-corrected chi connectivity index (χ0v) is 23.6. The number of rotatable bonds is 11. The Kier molecular flexibility index (Phi) is 10.7. The minimum Gasteiger partial charge on any atom is -0.460 e. The van der Waals surface area contributed by atoms with E-state index in [1.165, 1.54) is 5.56 Å². The Labute approximate surface area is 247 Å². The molecule has 0 aromatic heterocycles. The van der Waals surface area contributed by atoms with Gasteiger partial charge in [-0.25, -0.2) is 13.2 Å². The minimum absolute atomic E-state index is 0.0616. The van der Waals surface area contributed by atoms with Crippen LogP contribution < -0.4 is 16.0 Å². The average molecular weight is 595 g/mol. The summed E-state index contributed by atoms with van der Waals surface area (Å²) >= 11 is 0. The van der Waals surface area contributed by atoms with E-state index in [-0.39, 0.29) is 41.6 Å². The van der Waals surface area contributed by atoms with E-state index in [0.29, 0.717) is 18.5 Å². The molecule has 226 valence electrons. The summed E-state index contributed by atoms with van der Waals surface area (Å²) < 4.78 is 45.0. The SMILES string of the molecule is C[C@H](NC(=O)[C@H]1C[C@@H](c2ccccc2)CCN1)C(=O)NCc1ccc(C(=N)CC(=O)OCc2ccc(F)c(F)c2F)cc1. The summed E-state index contributed by atoms with van der Waals surface area (Å²) in [6.07, 6.45) is 1.17. The van der Waals surface area contributed by atoms with Gasteiger partial charge in [-0.05, 0) is 61.1 Å². The molecular formula is C32H33F3N4O4. The number of halogens is 3. The lowest BCUT2D eigenvalue weighted by Gasteiger charge is -2.30. The highest BCUT2D eigenvalue weighted by molar-refractivity contribution is 6.07. The second-order valence-corrected chi connectivity index (χ2v) is 10.4. The molecule has 2 amide bonds. The van der Waals surface area contributed by atoms with Crippen molar-refractivity contribution >= 4 is 23.5 Å². The van der Waals surface area contributed by atoms with E-state index in [2.05, 4.69) is 28.1 Å². The molecule has 1 fully saturated rings. The first-order valence-corrected chi connectivity index (χ1v) is 13.9. The molecule has 4 N–H and O–H groups in total. The first kappa shape index (κ1) is 31.4. The predicted octanol–water partition coefficient (Wildman–Crippen LogP) is 4.26. The van der Waals surface area contributed by atoms with Crippen molar-refractivity contribution in [3.05, 3.63) is 106 Å². The monoisotopic (exact) mass is 594 g/mol. The lowest BCUT2D eigenvalue weighted by Crippen LogP contribution is -2.53. The molecule has 0 bridgehead atoms. The second-order valence-electron chi connectivity index (χ2n) is 10.4. The Bertz CT molecular complexity index is 1470. The maximum atomic E-state index is 13.7. The number of esters is 1. The summed E-state index contributed by atoms with van der Waals surface area (Å²) in [6.45, 7) is 1.92. The van der Waals surface area contributed by atoms with E-state index in [4.69, 9.17) is 10.1 Å². The van der Waals surface area contributed by atoms with E-state index < -0.39 is 42.5 Å². The molecule has 0 aliphatic carbocycles. The molecule has 0 saturated carbocycles. The molecule has 0 radical (unpaired) electrons.